The van der Waals surface area contributed by atoms with Crippen molar-refractivity contribution in [2.75, 3.05) is 20.3 Å². The molecule has 2 rings (SSSR count). The maximum Gasteiger partial charge on any atom is 0.223 e. The van der Waals surface area contributed by atoms with Crippen molar-refractivity contribution in [2.24, 2.45) is 0 Å². The van der Waals surface area contributed by atoms with E-state index >= 15 is 0 Å². The quantitative estimate of drug-likeness (QED) is 0.891. The van der Waals surface area contributed by atoms with E-state index in [0.29, 0.717) is 12.8 Å². The van der Waals surface area contributed by atoms with Gasteiger partial charge >= 0.3 is 0 Å². The van der Waals surface area contributed by atoms with Crippen LogP contribution < -0.4 is 4.74 Å². The first kappa shape index (κ1) is 14.8. The Balaban J connectivity index is 1.91. The molecule has 110 valence electrons. The minimum absolute atomic E-state index is 0.0994. The number of aliphatic hydroxyl groups is 1. The number of methoxy groups -OCH3 is 1. The Morgan fingerprint density at radius 1 is 1.55 bits per heavy atom. The summed E-state index contributed by atoms with van der Waals surface area (Å²) >= 11 is 0. The van der Waals surface area contributed by atoms with Gasteiger partial charge in [-0.15, -0.1) is 0 Å². The van der Waals surface area contributed by atoms with Gasteiger partial charge in [0.1, 0.15) is 11.9 Å². The molecule has 0 saturated carbocycles. The molecule has 0 radical (unpaired) electrons. The van der Waals surface area contributed by atoms with Gasteiger partial charge in [-0.25, -0.2) is 4.39 Å². The number of hydrogen-bond donors (Lipinski definition) is 1. The van der Waals surface area contributed by atoms with Crippen molar-refractivity contribution in [2.45, 2.75) is 31.5 Å². The van der Waals surface area contributed by atoms with Gasteiger partial charge in [-0.1, -0.05) is 12.1 Å². The lowest BCUT2D eigenvalue weighted by atomic mass is 10.1. The van der Waals surface area contributed by atoms with E-state index in [0.717, 1.165) is 11.3 Å². The topological polar surface area (TPSA) is 49.8 Å². The number of hydrogen-bond acceptors (Lipinski definition) is 3. The fourth-order valence-corrected chi connectivity index (χ4v) is 2.56. The summed E-state index contributed by atoms with van der Waals surface area (Å²) in [6.07, 6.45) is 0.118. The Morgan fingerprint density at radius 3 is 3.05 bits per heavy atom. The van der Waals surface area contributed by atoms with E-state index in [1.54, 1.807) is 7.11 Å². The zero-order chi connectivity index (χ0) is 14.5. The number of aryl methyl sites for hydroxylation is 1. The van der Waals surface area contributed by atoms with Crippen molar-refractivity contribution >= 4 is 5.91 Å². The lowest BCUT2D eigenvalue weighted by Crippen LogP contribution is -2.37. The van der Waals surface area contributed by atoms with E-state index in [4.69, 9.17) is 4.74 Å². The molecule has 1 saturated heterocycles. The summed E-state index contributed by atoms with van der Waals surface area (Å²) < 4.78 is 18.4. The van der Waals surface area contributed by atoms with Gasteiger partial charge in [0.15, 0.2) is 0 Å². The summed E-state index contributed by atoms with van der Waals surface area (Å²) in [5.74, 6) is 0.653. The van der Waals surface area contributed by atoms with Crippen LogP contribution in [0, 0.1) is 0 Å². The van der Waals surface area contributed by atoms with Crippen LogP contribution >= 0.6 is 0 Å². The summed E-state index contributed by atoms with van der Waals surface area (Å²) in [4.78, 5) is 13.6. The van der Waals surface area contributed by atoms with Crippen molar-refractivity contribution in [1.29, 1.82) is 0 Å². The van der Waals surface area contributed by atoms with Crippen molar-refractivity contribution in [3.63, 3.8) is 0 Å². The molecule has 20 heavy (non-hydrogen) atoms. The van der Waals surface area contributed by atoms with Crippen LogP contribution in [0.1, 0.15) is 18.4 Å². The predicted molar refractivity (Wildman–Crippen MR) is 73.4 cm³/mol. The molecule has 1 amide bonds. The molecule has 1 aromatic rings. The van der Waals surface area contributed by atoms with E-state index in [-0.39, 0.29) is 31.5 Å². The Bertz CT molecular complexity index is 466. The highest BCUT2D eigenvalue weighted by Gasteiger charge is 2.34. The number of alkyl halides is 1. The van der Waals surface area contributed by atoms with Crippen LogP contribution in [0.5, 0.6) is 5.75 Å². The lowest BCUT2D eigenvalue weighted by Gasteiger charge is -2.22. The highest BCUT2D eigenvalue weighted by molar-refractivity contribution is 5.77. The molecular weight excluding hydrogens is 261 g/mol. The molecule has 1 fully saturated rings. The smallest absolute Gasteiger partial charge is 0.223 e. The molecule has 1 aliphatic heterocycles. The SMILES string of the molecule is COc1cccc(CCC(=O)N2C[C@@H](F)C[C@H]2CO)c1. The normalized spacial score (nSPS) is 22.1. The van der Waals surface area contributed by atoms with Crippen LogP contribution in [0.2, 0.25) is 0 Å². The first-order valence-corrected chi connectivity index (χ1v) is 6.81. The van der Waals surface area contributed by atoms with Gasteiger partial charge in [0.05, 0.1) is 26.3 Å². The van der Waals surface area contributed by atoms with Crippen LogP contribution in [-0.4, -0.2) is 48.4 Å². The van der Waals surface area contributed by atoms with Crippen LogP contribution in [-0.2, 0) is 11.2 Å². The number of amides is 1. The van der Waals surface area contributed by atoms with Gasteiger partial charge in [-0.3, -0.25) is 4.79 Å². The molecule has 1 N–H and O–H groups in total. The zero-order valence-electron chi connectivity index (χ0n) is 11.6. The highest BCUT2D eigenvalue weighted by Crippen LogP contribution is 2.22. The predicted octanol–water partition coefficient (Wildman–Crippen LogP) is 1.56. The van der Waals surface area contributed by atoms with Crippen molar-refractivity contribution in [1.82, 2.24) is 4.90 Å². The molecule has 1 heterocycles. The lowest BCUT2D eigenvalue weighted by molar-refractivity contribution is -0.132. The number of nitrogens with zero attached hydrogens (tertiary/aromatic N) is 1. The second-order valence-electron chi connectivity index (χ2n) is 5.07. The van der Waals surface area contributed by atoms with Crippen LogP contribution in [0.3, 0.4) is 0 Å². The average Bonchev–Trinajstić information content (AvgIpc) is 2.86. The van der Waals surface area contributed by atoms with Crippen molar-refractivity contribution in [3.8, 4) is 5.75 Å². The largest absolute Gasteiger partial charge is 0.497 e. The number of rotatable bonds is 5. The second kappa shape index (κ2) is 6.70. The first-order valence-electron chi connectivity index (χ1n) is 6.81. The molecule has 0 aliphatic carbocycles. The van der Waals surface area contributed by atoms with E-state index < -0.39 is 6.17 Å². The number of aliphatic hydroxyl groups excluding tert-OH is 1. The molecule has 0 unspecified atom stereocenters. The average molecular weight is 281 g/mol. The Morgan fingerprint density at radius 2 is 2.35 bits per heavy atom. The van der Waals surface area contributed by atoms with Crippen molar-refractivity contribution in [3.05, 3.63) is 29.8 Å². The van der Waals surface area contributed by atoms with Gasteiger partial charge in [0.2, 0.25) is 5.91 Å². The minimum atomic E-state index is -1.02. The molecule has 2 atom stereocenters. The minimum Gasteiger partial charge on any atom is -0.497 e. The van der Waals surface area contributed by atoms with Crippen LogP contribution in [0.15, 0.2) is 24.3 Å². The molecule has 1 aliphatic rings. The van der Waals surface area contributed by atoms with Crippen LogP contribution in [0.25, 0.3) is 0 Å². The van der Waals surface area contributed by atoms with E-state index in [1.165, 1.54) is 4.90 Å². The number of benzene rings is 1. The van der Waals surface area contributed by atoms with Gasteiger partial charge in [0, 0.05) is 12.8 Å². The van der Waals surface area contributed by atoms with Gasteiger partial charge in [-0.05, 0) is 24.1 Å². The summed E-state index contributed by atoms with van der Waals surface area (Å²) in [5.41, 5.74) is 1.01. The van der Waals surface area contributed by atoms with E-state index in [1.807, 2.05) is 24.3 Å². The van der Waals surface area contributed by atoms with Gasteiger partial charge in [-0.2, -0.15) is 0 Å². The highest BCUT2D eigenvalue weighted by atomic mass is 19.1. The Hall–Kier alpha value is -1.62. The van der Waals surface area contributed by atoms with Gasteiger partial charge in [0.25, 0.3) is 0 Å². The van der Waals surface area contributed by atoms with Crippen molar-refractivity contribution < 1.29 is 19.0 Å². The fraction of sp³-hybridized carbons (Fsp3) is 0.533. The first-order chi connectivity index (χ1) is 9.63. The number of halogens is 1. The monoisotopic (exact) mass is 281 g/mol. The number of carbonyl (C=O) groups excluding carboxylic acids is 1. The summed E-state index contributed by atoms with van der Waals surface area (Å²) in [7, 11) is 1.60. The molecular formula is C15H20FNO3. The molecule has 5 heteroatoms. The molecule has 4 nitrogen and oxygen atoms in total. The number of ether oxygens (including phenoxy) is 1. The maximum atomic E-state index is 13.3. The summed E-state index contributed by atoms with van der Waals surface area (Å²) in [6.45, 7) is -0.0759. The zero-order valence-corrected chi connectivity index (χ0v) is 11.6. The second-order valence-corrected chi connectivity index (χ2v) is 5.07. The van der Waals surface area contributed by atoms with Crippen LogP contribution in [0.4, 0.5) is 4.39 Å². The third-order valence-electron chi connectivity index (χ3n) is 3.66. The molecule has 1 aromatic carbocycles. The third-order valence-corrected chi connectivity index (χ3v) is 3.66. The number of carbonyl (C=O) groups is 1. The molecule has 0 spiro atoms. The molecule has 0 aromatic heterocycles. The Labute approximate surface area is 118 Å². The van der Waals surface area contributed by atoms with E-state index in [9.17, 15) is 14.3 Å². The fourth-order valence-electron chi connectivity index (χ4n) is 2.56. The van der Waals surface area contributed by atoms with E-state index in [2.05, 4.69) is 0 Å². The molecule has 0 bridgehead atoms. The third kappa shape index (κ3) is 3.48. The maximum absolute atomic E-state index is 13.3. The Kier molecular flexibility index (Phi) is 4.95. The number of likely N-dealkylation sites (tertiary alicyclic amines) is 1. The van der Waals surface area contributed by atoms with Gasteiger partial charge < -0.3 is 14.7 Å². The standard InChI is InChI=1S/C15H20FNO3/c1-20-14-4-2-3-11(7-14)5-6-15(19)17-9-12(16)8-13(17)10-18/h2-4,7,12-13,18H,5-6,8-10H2,1H3/t12-,13-/m0/s1. The summed E-state index contributed by atoms with van der Waals surface area (Å²) in [6, 6.07) is 7.17. The summed E-state index contributed by atoms with van der Waals surface area (Å²) in [5, 5.41) is 9.18.